The van der Waals surface area contributed by atoms with Crippen molar-refractivity contribution in [1.82, 2.24) is 9.78 Å². The number of benzene rings is 4. The second-order valence-electron chi connectivity index (χ2n) is 7.83. The lowest BCUT2D eigenvalue weighted by Crippen LogP contribution is -2.19. The number of amides is 1. The highest BCUT2D eigenvalue weighted by molar-refractivity contribution is 6.30. The maximum Gasteiger partial charge on any atom is 0.346 e. The SMILES string of the molecule is O=C(Nc1ccc(Oc2ccc(Cl)cc2)cc1)n1cc(-c2ccc(F)cc2)c(-c2ccccc2F)n1. The molecule has 0 spiro atoms. The van der Waals surface area contributed by atoms with Crippen LogP contribution in [0.15, 0.2) is 103 Å². The van der Waals surface area contributed by atoms with Gasteiger partial charge < -0.3 is 10.1 Å². The predicted molar refractivity (Wildman–Crippen MR) is 135 cm³/mol. The fourth-order valence-electron chi connectivity index (χ4n) is 3.60. The van der Waals surface area contributed by atoms with Crippen molar-refractivity contribution in [3.05, 3.63) is 120 Å². The Hall–Kier alpha value is -4.49. The Kier molecular flexibility index (Phi) is 6.47. The Morgan fingerprint density at radius 2 is 1.44 bits per heavy atom. The van der Waals surface area contributed by atoms with E-state index >= 15 is 0 Å². The number of hydrogen-bond acceptors (Lipinski definition) is 3. The minimum absolute atomic E-state index is 0.229. The Balaban J connectivity index is 1.39. The van der Waals surface area contributed by atoms with Crippen LogP contribution < -0.4 is 10.1 Å². The standard InChI is InChI=1S/C28H18ClF2N3O2/c29-19-7-13-22(14-8-19)36-23-15-11-21(12-16-23)32-28(35)34-17-25(18-5-9-20(30)10-6-18)27(33-34)24-3-1-2-4-26(24)31/h1-17H,(H,32,35). The first-order chi connectivity index (χ1) is 17.5. The molecule has 0 aliphatic carbocycles. The second kappa shape index (κ2) is 10.0. The fraction of sp³-hybridized carbons (Fsp3) is 0. The first-order valence-electron chi connectivity index (χ1n) is 10.9. The van der Waals surface area contributed by atoms with E-state index in [4.69, 9.17) is 16.3 Å². The molecule has 36 heavy (non-hydrogen) atoms. The third-order valence-electron chi connectivity index (χ3n) is 5.36. The Labute approximate surface area is 210 Å². The second-order valence-corrected chi connectivity index (χ2v) is 8.27. The number of carbonyl (C=O) groups excluding carboxylic acids is 1. The zero-order valence-corrected chi connectivity index (χ0v) is 19.4. The molecule has 0 aliphatic rings. The smallest absolute Gasteiger partial charge is 0.346 e. The summed E-state index contributed by atoms with van der Waals surface area (Å²) < 4.78 is 34.9. The maximum absolute atomic E-state index is 14.6. The molecule has 0 atom stereocenters. The number of halogens is 3. The summed E-state index contributed by atoms with van der Waals surface area (Å²) in [5, 5.41) is 7.72. The average molecular weight is 502 g/mol. The summed E-state index contributed by atoms with van der Waals surface area (Å²) in [5.74, 6) is 0.319. The van der Waals surface area contributed by atoms with Crippen LogP contribution in [0.3, 0.4) is 0 Å². The molecule has 0 unspecified atom stereocenters. The van der Waals surface area contributed by atoms with Crippen LogP contribution in [0.1, 0.15) is 0 Å². The van der Waals surface area contributed by atoms with E-state index in [9.17, 15) is 13.6 Å². The van der Waals surface area contributed by atoms with Gasteiger partial charge in [-0.3, -0.25) is 0 Å². The normalized spacial score (nSPS) is 10.8. The van der Waals surface area contributed by atoms with Gasteiger partial charge in [-0.05, 0) is 78.4 Å². The summed E-state index contributed by atoms with van der Waals surface area (Å²) >= 11 is 5.89. The van der Waals surface area contributed by atoms with E-state index in [1.165, 1.54) is 24.4 Å². The van der Waals surface area contributed by atoms with Gasteiger partial charge in [0.05, 0.1) is 0 Å². The van der Waals surface area contributed by atoms with Gasteiger partial charge in [0, 0.05) is 28.0 Å². The van der Waals surface area contributed by atoms with Crippen LogP contribution in [0.2, 0.25) is 5.02 Å². The number of nitrogens with one attached hydrogen (secondary N) is 1. The van der Waals surface area contributed by atoms with Crippen LogP contribution in [0.25, 0.3) is 22.4 Å². The molecule has 1 N–H and O–H groups in total. The molecule has 8 heteroatoms. The fourth-order valence-corrected chi connectivity index (χ4v) is 3.72. The Morgan fingerprint density at radius 1 is 0.806 bits per heavy atom. The van der Waals surface area contributed by atoms with Gasteiger partial charge in [0.25, 0.3) is 0 Å². The van der Waals surface area contributed by atoms with Crippen molar-refractivity contribution in [2.24, 2.45) is 0 Å². The molecular weight excluding hydrogens is 484 g/mol. The minimum Gasteiger partial charge on any atom is -0.457 e. The zero-order valence-electron chi connectivity index (χ0n) is 18.7. The molecule has 0 fully saturated rings. The lowest BCUT2D eigenvalue weighted by molar-refractivity contribution is 0.251. The molecule has 4 aromatic carbocycles. The quantitative estimate of drug-likeness (QED) is 0.265. The Bertz CT molecular complexity index is 1520. The summed E-state index contributed by atoms with van der Waals surface area (Å²) in [6, 6.07) is 25.0. The lowest BCUT2D eigenvalue weighted by Gasteiger charge is -2.08. The molecular formula is C28H18ClF2N3O2. The van der Waals surface area contributed by atoms with E-state index in [0.717, 1.165) is 4.68 Å². The number of nitrogens with zero attached hydrogens (tertiary/aromatic N) is 2. The summed E-state index contributed by atoms with van der Waals surface area (Å²) in [6.07, 6.45) is 1.49. The number of rotatable bonds is 5. The van der Waals surface area contributed by atoms with Crippen LogP contribution in [-0.2, 0) is 0 Å². The molecule has 5 nitrogen and oxygen atoms in total. The maximum atomic E-state index is 14.6. The largest absolute Gasteiger partial charge is 0.457 e. The van der Waals surface area contributed by atoms with Crippen molar-refractivity contribution in [2.45, 2.75) is 0 Å². The van der Waals surface area contributed by atoms with Gasteiger partial charge in [0.2, 0.25) is 0 Å². The number of carbonyl (C=O) groups is 1. The molecule has 0 aliphatic heterocycles. The average Bonchev–Trinajstić information content (AvgIpc) is 3.33. The topological polar surface area (TPSA) is 56.1 Å². The molecule has 178 valence electrons. The molecule has 1 aromatic heterocycles. The molecule has 0 saturated heterocycles. The van der Waals surface area contributed by atoms with Gasteiger partial charge in [0.15, 0.2) is 0 Å². The Morgan fingerprint density at radius 3 is 2.11 bits per heavy atom. The van der Waals surface area contributed by atoms with Crippen LogP contribution in [-0.4, -0.2) is 15.8 Å². The summed E-state index contributed by atoms with van der Waals surface area (Å²) in [4.78, 5) is 13.0. The molecule has 1 heterocycles. The van der Waals surface area contributed by atoms with E-state index in [2.05, 4.69) is 10.4 Å². The summed E-state index contributed by atoms with van der Waals surface area (Å²) in [6.45, 7) is 0. The van der Waals surface area contributed by atoms with E-state index in [-0.39, 0.29) is 11.3 Å². The highest BCUT2D eigenvalue weighted by Crippen LogP contribution is 2.33. The zero-order chi connectivity index (χ0) is 25.1. The third kappa shape index (κ3) is 5.11. The van der Waals surface area contributed by atoms with Crippen LogP contribution >= 0.6 is 11.6 Å². The number of aromatic nitrogens is 2. The van der Waals surface area contributed by atoms with Crippen molar-refractivity contribution in [1.29, 1.82) is 0 Å². The van der Waals surface area contributed by atoms with Crippen molar-refractivity contribution in [3.63, 3.8) is 0 Å². The summed E-state index contributed by atoms with van der Waals surface area (Å²) in [7, 11) is 0. The van der Waals surface area contributed by atoms with Gasteiger partial charge in [-0.25, -0.2) is 13.6 Å². The monoisotopic (exact) mass is 501 g/mol. The number of anilines is 1. The molecule has 5 rings (SSSR count). The van der Waals surface area contributed by atoms with Crippen molar-refractivity contribution < 1.29 is 18.3 Å². The molecule has 0 bridgehead atoms. The first-order valence-corrected chi connectivity index (χ1v) is 11.3. The van der Waals surface area contributed by atoms with Gasteiger partial charge in [0.1, 0.15) is 28.8 Å². The van der Waals surface area contributed by atoms with E-state index in [0.29, 0.717) is 33.3 Å². The molecule has 5 aromatic rings. The van der Waals surface area contributed by atoms with Crippen molar-refractivity contribution in [2.75, 3.05) is 5.32 Å². The van der Waals surface area contributed by atoms with Crippen LogP contribution in [0.4, 0.5) is 19.3 Å². The molecule has 0 radical (unpaired) electrons. The van der Waals surface area contributed by atoms with E-state index in [1.807, 2.05) is 0 Å². The number of hydrogen-bond donors (Lipinski definition) is 1. The van der Waals surface area contributed by atoms with Crippen LogP contribution in [0.5, 0.6) is 11.5 Å². The summed E-state index contributed by atoms with van der Waals surface area (Å²) in [5.41, 5.74) is 2.09. The van der Waals surface area contributed by atoms with Crippen molar-refractivity contribution in [3.8, 4) is 33.9 Å². The van der Waals surface area contributed by atoms with E-state index in [1.54, 1.807) is 78.9 Å². The number of ether oxygens (including phenoxy) is 1. The lowest BCUT2D eigenvalue weighted by atomic mass is 10.0. The highest BCUT2D eigenvalue weighted by Gasteiger charge is 2.19. The third-order valence-corrected chi connectivity index (χ3v) is 5.61. The van der Waals surface area contributed by atoms with Gasteiger partial charge in [-0.1, -0.05) is 35.9 Å². The van der Waals surface area contributed by atoms with Gasteiger partial charge >= 0.3 is 6.03 Å². The van der Waals surface area contributed by atoms with Gasteiger partial charge in [-0.2, -0.15) is 9.78 Å². The predicted octanol–water partition coefficient (Wildman–Crippen LogP) is 8.02. The molecule has 0 saturated carbocycles. The minimum atomic E-state index is -0.549. The molecule has 1 amide bonds. The van der Waals surface area contributed by atoms with Crippen LogP contribution in [0, 0.1) is 11.6 Å². The highest BCUT2D eigenvalue weighted by atomic mass is 35.5. The van der Waals surface area contributed by atoms with E-state index < -0.39 is 17.7 Å². The van der Waals surface area contributed by atoms with Gasteiger partial charge in [-0.15, -0.1) is 0 Å². The van der Waals surface area contributed by atoms with Crippen molar-refractivity contribution >= 4 is 23.3 Å². The first kappa shape index (κ1) is 23.3.